The van der Waals surface area contributed by atoms with Crippen LogP contribution in [0.15, 0.2) is 54.4 Å². The molecule has 0 aliphatic heterocycles. The molecule has 1 N–H and O–H groups in total. The Hall–Kier alpha value is -3.26. The second-order valence-electron chi connectivity index (χ2n) is 5.94. The highest BCUT2D eigenvalue weighted by Crippen LogP contribution is 2.34. The minimum Gasteiger partial charge on any atom is -0.493 e. The van der Waals surface area contributed by atoms with E-state index in [1.807, 2.05) is 0 Å². The Bertz CT molecular complexity index is 1040. The summed E-state index contributed by atoms with van der Waals surface area (Å²) in [5, 5.41) is 5.00. The highest BCUT2D eigenvalue weighted by Gasteiger charge is 2.14. The van der Waals surface area contributed by atoms with Crippen LogP contribution in [0.25, 0.3) is 10.6 Å². The van der Waals surface area contributed by atoms with Gasteiger partial charge in [0.2, 0.25) is 0 Å². The highest BCUT2D eigenvalue weighted by molar-refractivity contribution is 7.13. The van der Waals surface area contributed by atoms with Crippen molar-refractivity contribution in [3.63, 3.8) is 0 Å². The Balaban J connectivity index is 1.74. The molecule has 0 radical (unpaired) electrons. The molecule has 2 aromatic carbocycles. The van der Waals surface area contributed by atoms with Gasteiger partial charge in [-0.15, -0.1) is 17.9 Å². The number of amides is 1. The number of nitrogens with one attached hydrogen (secondary N) is 1. The molecule has 1 amide bonds. The first-order valence-corrected chi connectivity index (χ1v) is 9.49. The van der Waals surface area contributed by atoms with Crippen molar-refractivity contribution < 1.29 is 23.0 Å². The Morgan fingerprint density at radius 2 is 2.03 bits per heavy atom. The lowest BCUT2D eigenvalue weighted by Gasteiger charge is -2.12. The van der Waals surface area contributed by atoms with Crippen LogP contribution >= 0.6 is 11.3 Å². The standard InChI is InChI=1S/C21H18F2N2O3S/c1-3-8-24-20(26)17-12-29-21(25-17)14-5-7-18(19(10-14)27-2)28-11-13-4-6-15(22)16(23)9-13/h3-7,9-10,12H,1,8,11H2,2H3,(H,24,26). The van der Waals surface area contributed by atoms with E-state index in [1.165, 1.54) is 24.5 Å². The number of thiazole rings is 1. The zero-order valence-electron chi connectivity index (χ0n) is 15.6. The van der Waals surface area contributed by atoms with Gasteiger partial charge in [0.1, 0.15) is 17.3 Å². The molecule has 5 nitrogen and oxygen atoms in total. The molecule has 0 aliphatic carbocycles. The summed E-state index contributed by atoms with van der Waals surface area (Å²) in [6, 6.07) is 8.82. The first kappa shape index (κ1) is 20.5. The van der Waals surface area contributed by atoms with Crippen molar-refractivity contribution in [2.75, 3.05) is 13.7 Å². The number of ether oxygens (including phenoxy) is 2. The van der Waals surface area contributed by atoms with E-state index in [0.717, 1.165) is 17.7 Å². The van der Waals surface area contributed by atoms with E-state index in [9.17, 15) is 13.6 Å². The van der Waals surface area contributed by atoms with Crippen molar-refractivity contribution in [1.29, 1.82) is 0 Å². The Morgan fingerprint density at radius 3 is 2.76 bits per heavy atom. The molecule has 0 saturated carbocycles. The first-order chi connectivity index (χ1) is 14.0. The van der Waals surface area contributed by atoms with Gasteiger partial charge in [0.05, 0.1) is 7.11 Å². The van der Waals surface area contributed by atoms with E-state index in [2.05, 4.69) is 16.9 Å². The van der Waals surface area contributed by atoms with E-state index in [-0.39, 0.29) is 12.5 Å². The van der Waals surface area contributed by atoms with Gasteiger partial charge in [0.25, 0.3) is 5.91 Å². The quantitative estimate of drug-likeness (QED) is 0.546. The molecule has 0 bridgehead atoms. The highest BCUT2D eigenvalue weighted by atomic mass is 32.1. The lowest BCUT2D eigenvalue weighted by molar-refractivity contribution is 0.0954. The summed E-state index contributed by atoms with van der Waals surface area (Å²) in [4.78, 5) is 16.3. The maximum absolute atomic E-state index is 13.3. The van der Waals surface area contributed by atoms with Crippen molar-refractivity contribution in [2.24, 2.45) is 0 Å². The smallest absolute Gasteiger partial charge is 0.271 e. The number of aromatic nitrogens is 1. The average molecular weight is 416 g/mol. The number of benzene rings is 2. The Morgan fingerprint density at radius 1 is 1.21 bits per heavy atom. The number of nitrogens with zero attached hydrogens (tertiary/aromatic N) is 1. The minimum absolute atomic E-state index is 0.0534. The number of hydrogen-bond acceptors (Lipinski definition) is 5. The largest absolute Gasteiger partial charge is 0.493 e. The van der Waals surface area contributed by atoms with Gasteiger partial charge in [-0.3, -0.25) is 4.79 Å². The van der Waals surface area contributed by atoms with Crippen LogP contribution in [0.5, 0.6) is 11.5 Å². The van der Waals surface area contributed by atoms with Gasteiger partial charge >= 0.3 is 0 Å². The lowest BCUT2D eigenvalue weighted by Crippen LogP contribution is -2.23. The predicted octanol–water partition coefficient (Wildman–Crippen LogP) is 4.59. The SMILES string of the molecule is C=CCNC(=O)c1csc(-c2ccc(OCc3ccc(F)c(F)c3)c(OC)c2)n1. The molecule has 0 aliphatic rings. The van der Waals surface area contributed by atoms with E-state index < -0.39 is 11.6 Å². The van der Waals surface area contributed by atoms with Gasteiger partial charge < -0.3 is 14.8 Å². The molecule has 0 fully saturated rings. The fourth-order valence-electron chi connectivity index (χ4n) is 2.48. The molecule has 150 valence electrons. The molecule has 1 heterocycles. The number of carbonyl (C=O) groups excluding carboxylic acids is 1. The molecule has 0 spiro atoms. The van der Waals surface area contributed by atoms with Crippen LogP contribution in [-0.4, -0.2) is 24.5 Å². The molecule has 0 unspecified atom stereocenters. The molecule has 3 aromatic rings. The monoisotopic (exact) mass is 416 g/mol. The third-order valence-electron chi connectivity index (χ3n) is 3.93. The van der Waals surface area contributed by atoms with Gasteiger partial charge in [-0.05, 0) is 35.9 Å². The van der Waals surface area contributed by atoms with Crippen LogP contribution in [0, 0.1) is 11.6 Å². The summed E-state index contributed by atoms with van der Waals surface area (Å²) in [5.41, 5.74) is 1.57. The number of hydrogen-bond donors (Lipinski definition) is 1. The molecular weight excluding hydrogens is 398 g/mol. The van der Waals surface area contributed by atoms with Crippen molar-refractivity contribution >= 4 is 17.2 Å². The number of halogens is 2. The summed E-state index contributed by atoms with van der Waals surface area (Å²) in [7, 11) is 1.50. The molecule has 29 heavy (non-hydrogen) atoms. The van der Waals surface area contributed by atoms with Crippen LogP contribution in [0.3, 0.4) is 0 Å². The van der Waals surface area contributed by atoms with Crippen molar-refractivity contribution in [3.8, 4) is 22.1 Å². The summed E-state index contributed by atoms with van der Waals surface area (Å²) >= 11 is 1.33. The third kappa shape index (κ3) is 4.97. The maximum atomic E-state index is 13.3. The van der Waals surface area contributed by atoms with Gasteiger partial charge in [0.15, 0.2) is 23.1 Å². The van der Waals surface area contributed by atoms with Gasteiger partial charge in [-0.1, -0.05) is 12.1 Å². The van der Waals surface area contributed by atoms with Gasteiger partial charge in [-0.25, -0.2) is 13.8 Å². The summed E-state index contributed by atoms with van der Waals surface area (Å²) in [6.45, 7) is 3.97. The van der Waals surface area contributed by atoms with Crippen molar-refractivity contribution in [1.82, 2.24) is 10.3 Å². The van der Waals surface area contributed by atoms with Gasteiger partial charge in [0, 0.05) is 17.5 Å². The summed E-state index contributed by atoms with van der Waals surface area (Å²) in [5.74, 6) is -1.20. The fraction of sp³-hybridized carbons (Fsp3) is 0.143. The third-order valence-corrected chi connectivity index (χ3v) is 4.82. The second-order valence-corrected chi connectivity index (χ2v) is 6.80. The Labute approximate surface area is 170 Å². The average Bonchev–Trinajstić information content (AvgIpc) is 3.23. The van der Waals surface area contributed by atoms with Crippen LogP contribution in [0.1, 0.15) is 16.1 Å². The number of carbonyl (C=O) groups is 1. The first-order valence-electron chi connectivity index (χ1n) is 8.61. The lowest BCUT2D eigenvalue weighted by atomic mass is 10.2. The van der Waals surface area contributed by atoms with Crippen LogP contribution in [0.4, 0.5) is 8.78 Å². The van der Waals surface area contributed by atoms with Crippen LogP contribution in [-0.2, 0) is 6.61 Å². The summed E-state index contributed by atoms with van der Waals surface area (Å²) < 4.78 is 37.4. The molecule has 3 rings (SSSR count). The predicted molar refractivity (Wildman–Crippen MR) is 107 cm³/mol. The molecule has 0 saturated heterocycles. The van der Waals surface area contributed by atoms with Gasteiger partial charge in [-0.2, -0.15) is 0 Å². The fourth-order valence-corrected chi connectivity index (χ4v) is 3.27. The van der Waals surface area contributed by atoms with E-state index >= 15 is 0 Å². The number of rotatable bonds is 8. The zero-order valence-corrected chi connectivity index (χ0v) is 16.4. The second kappa shape index (κ2) is 9.29. The molecule has 0 atom stereocenters. The van der Waals surface area contributed by atoms with Crippen LogP contribution < -0.4 is 14.8 Å². The maximum Gasteiger partial charge on any atom is 0.271 e. The Kier molecular flexibility index (Phi) is 6.56. The van der Waals surface area contributed by atoms with E-state index in [0.29, 0.717) is 34.3 Å². The molecule has 1 aromatic heterocycles. The van der Waals surface area contributed by atoms with Crippen molar-refractivity contribution in [3.05, 3.63) is 77.3 Å². The van der Waals surface area contributed by atoms with Crippen molar-refractivity contribution in [2.45, 2.75) is 6.61 Å². The number of methoxy groups -OCH3 is 1. The minimum atomic E-state index is -0.926. The van der Waals surface area contributed by atoms with E-state index in [1.54, 1.807) is 29.7 Å². The topological polar surface area (TPSA) is 60.5 Å². The molecular formula is C21H18F2N2O3S. The molecule has 8 heteroatoms. The normalized spacial score (nSPS) is 10.4. The van der Waals surface area contributed by atoms with E-state index in [4.69, 9.17) is 9.47 Å². The van der Waals surface area contributed by atoms with Crippen LogP contribution in [0.2, 0.25) is 0 Å². The zero-order chi connectivity index (χ0) is 20.8. The summed E-state index contributed by atoms with van der Waals surface area (Å²) in [6.07, 6.45) is 1.59.